The standard InChI is InChI=1S/C27H23ClFN3OS/c28-18-10-12-20(13-11-18)30-27(33)32-16-22-21-7-1-2-9-24(21)34-26(22)31-14-4-8-23(31)25(32)17-5-3-6-19(29)15-17/h3-6,8,10-15,25H,1-2,7,9,16H2,(H,30,33)/t25-/m0/s1. The van der Waals surface area contributed by atoms with E-state index in [1.807, 2.05) is 34.4 Å². The van der Waals surface area contributed by atoms with Gasteiger partial charge in [0, 0.05) is 27.3 Å². The molecule has 1 atom stereocenters. The second-order valence-electron chi connectivity index (χ2n) is 8.82. The van der Waals surface area contributed by atoms with Gasteiger partial charge >= 0.3 is 6.03 Å². The average molecular weight is 492 g/mol. The van der Waals surface area contributed by atoms with Crippen LogP contribution in [-0.4, -0.2) is 15.5 Å². The van der Waals surface area contributed by atoms with Crippen LogP contribution in [0, 0.1) is 5.82 Å². The van der Waals surface area contributed by atoms with Crippen molar-refractivity contribution in [1.82, 2.24) is 9.47 Å². The Balaban J connectivity index is 1.50. The molecule has 0 saturated carbocycles. The van der Waals surface area contributed by atoms with Gasteiger partial charge in [0.05, 0.1) is 18.3 Å². The molecular weight excluding hydrogens is 469 g/mol. The lowest BCUT2D eigenvalue weighted by Gasteiger charge is -2.31. The molecule has 0 radical (unpaired) electrons. The summed E-state index contributed by atoms with van der Waals surface area (Å²) < 4.78 is 16.5. The zero-order valence-corrected chi connectivity index (χ0v) is 20.0. The molecule has 1 N–H and O–H groups in total. The summed E-state index contributed by atoms with van der Waals surface area (Å²) in [6.45, 7) is 0.462. The number of carbonyl (C=O) groups is 1. The van der Waals surface area contributed by atoms with Gasteiger partial charge in [0.15, 0.2) is 0 Å². The van der Waals surface area contributed by atoms with Crippen molar-refractivity contribution >= 4 is 34.7 Å². The summed E-state index contributed by atoms with van der Waals surface area (Å²) in [5.41, 5.74) is 4.96. The number of nitrogens with one attached hydrogen (secondary N) is 1. The minimum atomic E-state index is -0.433. The van der Waals surface area contributed by atoms with Gasteiger partial charge in [-0.1, -0.05) is 23.7 Å². The van der Waals surface area contributed by atoms with Gasteiger partial charge in [-0.25, -0.2) is 9.18 Å². The van der Waals surface area contributed by atoms with E-state index >= 15 is 0 Å². The number of amides is 2. The molecule has 3 heterocycles. The highest BCUT2D eigenvalue weighted by Gasteiger charge is 2.36. The van der Waals surface area contributed by atoms with Crippen LogP contribution in [0.1, 0.15) is 46.1 Å². The summed E-state index contributed by atoms with van der Waals surface area (Å²) in [4.78, 5) is 17.1. The van der Waals surface area contributed by atoms with Crippen LogP contribution in [0.25, 0.3) is 5.00 Å². The second-order valence-corrected chi connectivity index (χ2v) is 10.3. The lowest BCUT2D eigenvalue weighted by molar-refractivity contribution is 0.194. The summed E-state index contributed by atoms with van der Waals surface area (Å²) in [6, 6.07) is 17.0. The molecule has 2 aromatic carbocycles. The summed E-state index contributed by atoms with van der Waals surface area (Å²) in [5, 5.41) is 4.82. The number of thiophene rings is 1. The molecule has 4 nitrogen and oxygen atoms in total. The fraction of sp³-hybridized carbons (Fsp3) is 0.222. The number of aromatic nitrogens is 1. The maximum atomic E-state index is 14.3. The first-order chi connectivity index (χ1) is 16.6. The number of aryl methyl sites for hydroxylation is 1. The Kier molecular flexibility index (Phi) is 5.42. The normalized spacial score (nSPS) is 16.9. The first-order valence-electron chi connectivity index (χ1n) is 11.5. The molecule has 0 saturated heterocycles. The highest BCUT2D eigenvalue weighted by Crippen LogP contribution is 2.44. The Morgan fingerprint density at radius 3 is 2.68 bits per heavy atom. The highest BCUT2D eigenvalue weighted by molar-refractivity contribution is 7.15. The number of halogens is 2. The quantitative estimate of drug-likeness (QED) is 0.313. The molecule has 0 fully saturated rings. The van der Waals surface area contributed by atoms with Gasteiger partial charge in [-0.05, 0) is 85.3 Å². The van der Waals surface area contributed by atoms with Gasteiger partial charge < -0.3 is 14.8 Å². The van der Waals surface area contributed by atoms with Crippen LogP contribution in [0.4, 0.5) is 14.9 Å². The van der Waals surface area contributed by atoms with Crippen molar-refractivity contribution in [3.8, 4) is 5.00 Å². The van der Waals surface area contributed by atoms with Crippen molar-refractivity contribution < 1.29 is 9.18 Å². The van der Waals surface area contributed by atoms with E-state index in [1.54, 1.807) is 30.3 Å². The van der Waals surface area contributed by atoms with Crippen LogP contribution < -0.4 is 5.32 Å². The number of urea groups is 1. The summed E-state index contributed by atoms with van der Waals surface area (Å²) in [5.74, 6) is -0.315. The molecule has 6 rings (SSSR count). The fourth-order valence-corrected chi connectivity index (χ4v) is 6.67. The van der Waals surface area contributed by atoms with E-state index in [4.69, 9.17) is 11.6 Å². The number of nitrogens with zero attached hydrogens (tertiary/aromatic N) is 2. The van der Waals surface area contributed by atoms with Crippen LogP contribution in [-0.2, 0) is 19.4 Å². The van der Waals surface area contributed by atoms with Gasteiger partial charge in [0.2, 0.25) is 0 Å². The smallest absolute Gasteiger partial charge is 0.310 e. The van der Waals surface area contributed by atoms with Crippen LogP contribution in [0.5, 0.6) is 0 Å². The summed E-state index contributed by atoms with van der Waals surface area (Å²) in [6.07, 6.45) is 6.56. The lowest BCUT2D eigenvalue weighted by Crippen LogP contribution is -2.38. The van der Waals surface area contributed by atoms with E-state index in [0.717, 1.165) is 24.1 Å². The number of fused-ring (bicyclic) bond motifs is 5. The molecule has 4 aromatic rings. The maximum Gasteiger partial charge on any atom is 0.322 e. The average Bonchev–Trinajstić information content (AvgIpc) is 3.42. The predicted octanol–water partition coefficient (Wildman–Crippen LogP) is 7.35. The number of benzene rings is 2. The minimum absolute atomic E-state index is 0.229. The van der Waals surface area contributed by atoms with Crippen LogP contribution in [0.2, 0.25) is 5.02 Å². The van der Waals surface area contributed by atoms with Crippen molar-refractivity contribution in [2.75, 3.05) is 5.32 Å². The number of anilines is 1. The Hall–Kier alpha value is -3.09. The molecule has 172 valence electrons. The maximum absolute atomic E-state index is 14.3. The molecule has 0 bridgehead atoms. The largest absolute Gasteiger partial charge is 0.322 e. The van der Waals surface area contributed by atoms with E-state index in [-0.39, 0.29) is 11.8 Å². The van der Waals surface area contributed by atoms with E-state index in [1.165, 1.54) is 46.0 Å². The van der Waals surface area contributed by atoms with E-state index in [2.05, 4.69) is 16.1 Å². The summed E-state index contributed by atoms with van der Waals surface area (Å²) >= 11 is 7.87. The molecule has 7 heteroatoms. The molecule has 2 aliphatic rings. The molecule has 1 aliphatic heterocycles. The van der Waals surface area contributed by atoms with Gasteiger partial charge in [0.25, 0.3) is 0 Å². The minimum Gasteiger partial charge on any atom is -0.310 e. The lowest BCUT2D eigenvalue weighted by atomic mass is 9.95. The molecular formula is C27H23ClFN3OS. The Morgan fingerprint density at radius 1 is 1.03 bits per heavy atom. The van der Waals surface area contributed by atoms with Crippen LogP contribution in [0.3, 0.4) is 0 Å². The Morgan fingerprint density at radius 2 is 1.85 bits per heavy atom. The zero-order chi connectivity index (χ0) is 23.2. The van der Waals surface area contributed by atoms with Gasteiger partial charge in [-0.3, -0.25) is 0 Å². The number of hydrogen-bond acceptors (Lipinski definition) is 2. The van der Waals surface area contributed by atoms with E-state index in [9.17, 15) is 9.18 Å². The Labute approximate surface area is 206 Å². The fourth-order valence-electron chi connectivity index (χ4n) is 5.14. The topological polar surface area (TPSA) is 37.3 Å². The Bertz CT molecular complexity index is 1380. The van der Waals surface area contributed by atoms with Crippen LogP contribution in [0.15, 0.2) is 66.9 Å². The van der Waals surface area contributed by atoms with Crippen LogP contribution >= 0.6 is 22.9 Å². The van der Waals surface area contributed by atoms with E-state index < -0.39 is 6.04 Å². The van der Waals surface area contributed by atoms with E-state index in [0.29, 0.717) is 17.3 Å². The molecule has 2 aromatic heterocycles. The first-order valence-corrected chi connectivity index (χ1v) is 12.7. The zero-order valence-electron chi connectivity index (χ0n) is 18.4. The third-order valence-electron chi connectivity index (χ3n) is 6.70. The van der Waals surface area contributed by atoms with Gasteiger partial charge in [-0.2, -0.15) is 0 Å². The number of rotatable bonds is 2. The first kappa shape index (κ1) is 21.4. The SMILES string of the molecule is O=C(Nc1ccc(Cl)cc1)N1Cc2c(sc3c2CCCC3)-n2cccc2[C@@H]1c1cccc(F)c1. The van der Waals surface area contributed by atoms with Crippen molar-refractivity contribution in [3.05, 3.63) is 105 Å². The van der Waals surface area contributed by atoms with Crippen molar-refractivity contribution in [1.29, 1.82) is 0 Å². The number of carbonyl (C=O) groups excluding carboxylic acids is 1. The number of hydrogen-bond donors (Lipinski definition) is 1. The monoisotopic (exact) mass is 491 g/mol. The summed E-state index contributed by atoms with van der Waals surface area (Å²) in [7, 11) is 0. The predicted molar refractivity (Wildman–Crippen MR) is 135 cm³/mol. The molecule has 0 spiro atoms. The van der Waals surface area contributed by atoms with Crippen molar-refractivity contribution in [2.45, 2.75) is 38.3 Å². The van der Waals surface area contributed by atoms with Crippen molar-refractivity contribution in [3.63, 3.8) is 0 Å². The third kappa shape index (κ3) is 3.71. The van der Waals surface area contributed by atoms with Crippen molar-refractivity contribution in [2.24, 2.45) is 0 Å². The molecule has 0 unspecified atom stereocenters. The van der Waals surface area contributed by atoms with Gasteiger partial charge in [0.1, 0.15) is 10.8 Å². The highest BCUT2D eigenvalue weighted by atomic mass is 35.5. The molecule has 2 amide bonds. The third-order valence-corrected chi connectivity index (χ3v) is 8.29. The molecule has 34 heavy (non-hydrogen) atoms. The van der Waals surface area contributed by atoms with Gasteiger partial charge in [-0.15, -0.1) is 11.3 Å². The molecule has 1 aliphatic carbocycles. The second kappa shape index (κ2) is 8.60.